The minimum Gasteiger partial charge on any atom is -0.313 e. The molecule has 92 valence electrons. The summed E-state index contributed by atoms with van der Waals surface area (Å²) < 4.78 is 2.05. The first-order chi connectivity index (χ1) is 8.86. The maximum Gasteiger partial charge on any atom is 0.193 e. The highest BCUT2D eigenvalue weighted by molar-refractivity contribution is 7.15. The van der Waals surface area contributed by atoms with Crippen LogP contribution in [0.25, 0.3) is 4.96 Å². The van der Waals surface area contributed by atoms with Crippen LogP contribution in [-0.2, 0) is 6.42 Å². The van der Waals surface area contributed by atoms with Crippen molar-refractivity contribution in [2.24, 2.45) is 0 Å². The van der Waals surface area contributed by atoms with E-state index in [4.69, 9.17) is 0 Å². The Labute approximate surface area is 109 Å². The first kappa shape index (κ1) is 11.3. The standard InChI is InChI=1S/C12H13N5S/c1-13-11(9-2-3-14-15-7-9)6-10-8-17-4-5-18-12(17)16-10/h2-5,7-8,11,13H,6H2,1H3. The molecule has 3 rings (SSSR count). The van der Waals surface area contributed by atoms with Crippen LogP contribution in [0.2, 0.25) is 0 Å². The summed E-state index contributed by atoms with van der Waals surface area (Å²) in [6, 6.07) is 2.19. The Morgan fingerprint density at radius 1 is 1.44 bits per heavy atom. The third kappa shape index (κ3) is 2.12. The molecule has 0 aliphatic carbocycles. The lowest BCUT2D eigenvalue weighted by Gasteiger charge is -2.14. The molecular formula is C12H13N5S. The molecular weight excluding hydrogens is 246 g/mol. The first-order valence-corrected chi connectivity index (χ1v) is 6.59. The monoisotopic (exact) mass is 259 g/mol. The average Bonchev–Trinajstić information content (AvgIpc) is 2.97. The molecule has 6 heteroatoms. The molecule has 0 aromatic carbocycles. The van der Waals surface area contributed by atoms with E-state index in [1.54, 1.807) is 23.7 Å². The van der Waals surface area contributed by atoms with Crippen LogP contribution in [0.1, 0.15) is 17.3 Å². The Kier molecular flexibility index (Phi) is 3.04. The Morgan fingerprint density at radius 3 is 3.11 bits per heavy atom. The zero-order valence-electron chi connectivity index (χ0n) is 9.95. The second kappa shape index (κ2) is 4.83. The molecule has 0 fully saturated rings. The number of aromatic nitrogens is 4. The summed E-state index contributed by atoms with van der Waals surface area (Å²) in [6.07, 6.45) is 8.45. The molecule has 0 saturated carbocycles. The van der Waals surface area contributed by atoms with Crippen molar-refractivity contribution in [3.8, 4) is 0 Å². The second-order valence-electron chi connectivity index (χ2n) is 4.05. The van der Waals surface area contributed by atoms with Gasteiger partial charge in [-0.3, -0.25) is 4.40 Å². The van der Waals surface area contributed by atoms with Gasteiger partial charge >= 0.3 is 0 Å². The molecule has 0 radical (unpaired) electrons. The molecule has 0 aliphatic heterocycles. The number of likely N-dealkylation sites (N-methyl/N-ethyl adjacent to an activating group) is 1. The molecule has 0 bridgehead atoms. The summed E-state index contributed by atoms with van der Waals surface area (Å²) in [5.41, 5.74) is 2.21. The smallest absolute Gasteiger partial charge is 0.193 e. The maximum atomic E-state index is 4.59. The van der Waals surface area contributed by atoms with Crippen LogP contribution < -0.4 is 5.32 Å². The van der Waals surface area contributed by atoms with E-state index in [1.165, 1.54) is 0 Å². The molecule has 0 spiro atoms. The van der Waals surface area contributed by atoms with E-state index in [0.29, 0.717) is 0 Å². The zero-order valence-corrected chi connectivity index (χ0v) is 10.8. The molecule has 18 heavy (non-hydrogen) atoms. The number of hydrogen-bond acceptors (Lipinski definition) is 5. The minimum absolute atomic E-state index is 0.213. The van der Waals surface area contributed by atoms with Crippen molar-refractivity contribution in [2.75, 3.05) is 7.05 Å². The van der Waals surface area contributed by atoms with Gasteiger partial charge in [-0.25, -0.2) is 4.98 Å². The fourth-order valence-corrected chi connectivity index (χ4v) is 2.70. The summed E-state index contributed by atoms with van der Waals surface area (Å²) in [7, 11) is 1.95. The highest BCUT2D eigenvalue weighted by atomic mass is 32.1. The van der Waals surface area contributed by atoms with Gasteiger partial charge in [0.15, 0.2) is 4.96 Å². The van der Waals surface area contributed by atoms with Crippen molar-refractivity contribution >= 4 is 16.3 Å². The number of nitrogens with one attached hydrogen (secondary N) is 1. The number of rotatable bonds is 4. The van der Waals surface area contributed by atoms with Crippen LogP contribution in [0, 0.1) is 0 Å². The number of fused-ring (bicyclic) bond motifs is 1. The van der Waals surface area contributed by atoms with E-state index in [0.717, 1.165) is 22.6 Å². The third-order valence-electron chi connectivity index (χ3n) is 2.91. The van der Waals surface area contributed by atoms with Crippen molar-refractivity contribution < 1.29 is 0 Å². The molecule has 3 aromatic rings. The summed E-state index contributed by atoms with van der Waals surface area (Å²) >= 11 is 1.65. The second-order valence-corrected chi connectivity index (χ2v) is 4.92. The number of nitrogens with zero attached hydrogens (tertiary/aromatic N) is 4. The van der Waals surface area contributed by atoms with E-state index in [1.807, 2.05) is 24.7 Å². The lowest BCUT2D eigenvalue weighted by atomic mass is 10.1. The first-order valence-electron chi connectivity index (χ1n) is 5.72. The molecule has 1 unspecified atom stereocenters. The fourth-order valence-electron chi connectivity index (χ4n) is 1.98. The maximum absolute atomic E-state index is 4.59. The van der Waals surface area contributed by atoms with Crippen molar-refractivity contribution in [3.05, 3.63) is 47.5 Å². The van der Waals surface area contributed by atoms with Crippen molar-refractivity contribution in [3.63, 3.8) is 0 Å². The van der Waals surface area contributed by atoms with Gasteiger partial charge < -0.3 is 5.32 Å². The van der Waals surface area contributed by atoms with Crippen LogP contribution in [0.4, 0.5) is 0 Å². The largest absolute Gasteiger partial charge is 0.313 e. The van der Waals surface area contributed by atoms with Gasteiger partial charge in [-0.15, -0.1) is 11.3 Å². The van der Waals surface area contributed by atoms with Crippen LogP contribution in [0.15, 0.2) is 36.2 Å². The highest BCUT2D eigenvalue weighted by Crippen LogP contribution is 2.18. The SMILES string of the molecule is CNC(Cc1cn2ccsc2n1)c1ccnnc1. The van der Waals surface area contributed by atoms with Gasteiger partial charge in [0, 0.05) is 36.4 Å². The molecule has 3 heterocycles. The number of hydrogen-bond donors (Lipinski definition) is 1. The molecule has 0 saturated heterocycles. The third-order valence-corrected chi connectivity index (χ3v) is 3.69. The van der Waals surface area contributed by atoms with E-state index < -0.39 is 0 Å². The lowest BCUT2D eigenvalue weighted by Crippen LogP contribution is -2.19. The predicted molar refractivity (Wildman–Crippen MR) is 70.6 cm³/mol. The van der Waals surface area contributed by atoms with Gasteiger partial charge in [0.25, 0.3) is 0 Å². The molecule has 1 atom stereocenters. The van der Waals surface area contributed by atoms with Gasteiger partial charge in [-0.2, -0.15) is 10.2 Å². The Bertz CT molecular complexity index is 602. The Hall–Kier alpha value is -1.79. The minimum atomic E-state index is 0.213. The van der Waals surface area contributed by atoms with E-state index in [2.05, 4.69) is 31.1 Å². The summed E-state index contributed by atoms with van der Waals surface area (Å²) in [4.78, 5) is 5.63. The Morgan fingerprint density at radius 2 is 2.39 bits per heavy atom. The van der Waals surface area contributed by atoms with Crippen LogP contribution in [-0.4, -0.2) is 26.6 Å². The molecule has 1 N–H and O–H groups in total. The van der Waals surface area contributed by atoms with Gasteiger partial charge in [-0.1, -0.05) is 0 Å². The van der Waals surface area contributed by atoms with E-state index in [9.17, 15) is 0 Å². The molecule has 5 nitrogen and oxygen atoms in total. The van der Waals surface area contributed by atoms with Crippen LogP contribution in [0.5, 0.6) is 0 Å². The van der Waals surface area contributed by atoms with Gasteiger partial charge in [0.2, 0.25) is 0 Å². The van der Waals surface area contributed by atoms with E-state index in [-0.39, 0.29) is 6.04 Å². The van der Waals surface area contributed by atoms with Gasteiger partial charge in [-0.05, 0) is 18.7 Å². The summed E-state index contributed by atoms with van der Waals surface area (Å²) in [5, 5.41) is 13.0. The highest BCUT2D eigenvalue weighted by Gasteiger charge is 2.13. The molecule has 0 amide bonds. The summed E-state index contributed by atoms with van der Waals surface area (Å²) in [6.45, 7) is 0. The van der Waals surface area contributed by atoms with Crippen LogP contribution in [0.3, 0.4) is 0 Å². The normalized spacial score (nSPS) is 12.9. The lowest BCUT2D eigenvalue weighted by molar-refractivity contribution is 0.582. The molecule has 3 aromatic heterocycles. The molecule has 0 aliphatic rings. The van der Waals surface area contributed by atoms with Crippen molar-refractivity contribution in [1.82, 2.24) is 24.9 Å². The zero-order chi connectivity index (χ0) is 12.4. The van der Waals surface area contributed by atoms with Gasteiger partial charge in [0.05, 0.1) is 11.9 Å². The average molecular weight is 259 g/mol. The number of thiazole rings is 1. The summed E-state index contributed by atoms with van der Waals surface area (Å²) in [5.74, 6) is 0. The van der Waals surface area contributed by atoms with Crippen molar-refractivity contribution in [2.45, 2.75) is 12.5 Å². The quantitative estimate of drug-likeness (QED) is 0.774. The van der Waals surface area contributed by atoms with Crippen molar-refractivity contribution in [1.29, 1.82) is 0 Å². The van der Waals surface area contributed by atoms with Gasteiger partial charge in [0.1, 0.15) is 0 Å². The predicted octanol–water partition coefficient (Wildman–Crippen LogP) is 1.69. The Balaban J connectivity index is 1.84. The van der Waals surface area contributed by atoms with E-state index >= 15 is 0 Å². The fraction of sp³-hybridized carbons (Fsp3) is 0.250. The van der Waals surface area contributed by atoms with Crippen LogP contribution >= 0.6 is 11.3 Å². The topological polar surface area (TPSA) is 55.1 Å². The number of imidazole rings is 1.